The minimum atomic E-state index is 0.0828. The predicted molar refractivity (Wildman–Crippen MR) is 84.8 cm³/mol. The van der Waals surface area contributed by atoms with Crippen LogP contribution in [0.15, 0.2) is 29.3 Å². The maximum atomic E-state index is 5.90. The van der Waals surface area contributed by atoms with E-state index in [0.29, 0.717) is 26.4 Å². The molecule has 1 aromatic rings. The van der Waals surface area contributed by atoms with E-state index in [-0.39, 0.29) is 6.10 Å². The van der Waals surface area contributed by atoms with Gasteiger partial charge >= 0.3 is 0 Å². The van der Waals surface area contributed by atoms with Gasteiger partial charge in [0.1, 0.15) is 0 Å². The van der Waals surface area contributed by atoms with Crippen LogP contribution in [0.1, 0.15) is 5.56 Å². The number of guanidine groups is 1. The minimum Gasteiger partial charge on any atom is -0.376 e. The summed E-state index contributed by atoms with van der Waals surface area (Å²) in [5.74, 6) is 0.833. The van der Waals surface area contributed by atoms with Crippen LogP contribution >= 0.6 is 11.6 Å². The Morgan fingerprint density at radius 3 is 2.76 bits per heavy atom. The predicted octanol–water partition coefficient (Wildman–Crippen LogP) is 1.76. The van der Waals surface area contributed by atoms with Gasteiger partial charge in [0.15, 0.2) is 5.96 Å². The van der Waals surface area contributed by atoms with Crippen LogP contribution < -0.4 is 5.32 Å². The molecule has 116 valence electrons. The van der Waals surface area contributed by atoms with Gasteiger partial charge in [-0.2, -0.15) is 0 Å². The van der Waals surface area contributed by atoms with Gasteiger partial charge in [0, 0.05) is 32.2 Å². The van der Waals surface area contributed by atoms with E-state index >= 15 is 0 Å². The van der Waals surface area contributed by atoms with E-state index in [1.807, 2.05) is 31.3 Å². The van der Waals surface area contributed by atoms with Crippen LogP contribution in [0.3, 0.4) is 0 Å². The van der Waals surface area contributed by atoms with Gasteiger partial charge in [-0.3, -0.25) is 4.99 Å². The van der Waals surface area contributed by atoms with Crippen molar-refractivity contribution in [2.24, 2.45) is 4.99 Å². The summed E-state index contributed by atoms with van der Waals surface area (Å²) in [6.45, 7) is 3.43. The number of ether oxygens (including phenoxy) is 2. The molecule has 0 aromatic heterocycles. The molecule has 5 nitrogen and oxygen atoms in total. The Bertz CT molecular complexity index is 458. The Morgan fingerprint density at radius 1 is 1.38 bits per heavy atom. The number of nitrogens with zero attached hydrogens (tertiary/aromatic N) is 2. The van der Waals surface area contributed by atoms with Gasteiger partial charge in [0.05, 0.1) is 25.9 Å². The molecule has 1 atom stereocenters. The Morgan fingerprint density at radius 2 is 2.14 bits per heavy atom. The van der Waals surface area contributed by atoms with E-state index in [4.69, 9.17) is 21.1 Å². The summed E-state index contributed by atoms with van der Waals surface area (Å²) in [5.41, 5.74) is 1.18. The van der Waals surface area contributed by atoms with Gasteiger partial charge in [0.25, 0.3) is 0 Å². The lowest BCUT2D eigenvalue weighted by Crippen LogP contribution is -2.45. The molecule has 0 bridgehead atoms. The van der Waals surface area contributed by atoms with Crippen molar-refractivity contribution >= 4 is 17.6 Å². The molecule has 1 aliphatic rings. The highest BCUT2D eigenvalue weighted by atomic mass is 35.5. The zero-order chi connectivity index (χ0) is 15.1. The lowest BCUT2D eigenvalue weighted by atomic mass is 10.2. The number of aliphatic imine (C=N–C) groups is 1. The maximum absolute atomic E-state index is 5.90. The average Bonchev–Trinajstić information content (AvgIpc) is 2.51. The maximum Gasteiger partial charge on any atom is 0.193 e. The molecule has 1 aromatic carbocycles. The summed E-state index contributed by atoms with van der Waals surface area (Å²) >= 11 is 5.90. The lowest BCUT2D eigenvalue weighted by Gasteiger charge is -2.27. The summed E-state index contributed by atoms with van der Waals surface area (Å²) in [6, 6.07) is 7.83. The van der Waals surface area contributed by atoms with Crippen LogP contribution in [0.4, 0.5) is 0 Å². The second kappa shape index (κ2) is 8.22. The normalized spacial score (nSPS) is 19.4. The summed E-state index contributed by atoms with van der Waals surface area (Å²) < 4.78 is 11.0. The second-order valence-corrected chi connectivity index (χ2v) is 5.41. The largest absolute Gasteiger partial charge is 0.376 e. The summed E-state index contributed by atoms with van der Waals surface area (Å²) in [6.07, 6.45) is 0.0828. The monoisotopic (exact) mass is 311 g/mol. The quantitative estimate of drug-likeness (QED) is 0.680. The zero-order valence-electron chi connectivity index (χ0n) is 12.5. The van der Waals surface area contributed by atoms with E-state index in [9.17, 15) is 0 Å². The first-order valence-corrected chi connectivity index (χ1v) is 7.42. The third kappa shape index (κ3) is 5.19. The third-order valence-electron chi connectivity index (χ3n) is 3.28. The fourth-order valence-electron chi connectivity index (χ4n) is 2.18. The van der Waals surface area contributed by atoms with Crippen LogP contribution in [0.2, 0.25) is 5.02 Å². The van der Waals surface area contributed by atoms with Crippen molar-refractivity contribution in [3.63, 3.8) is 0 Å². The SMILES string of the molecule is CN=C(NCC1COCCO1)N(C)Cc1ccc(Cl)cc1. The first-order valence-electron chi connectivity index (χ1n) is 7.04. The van der Waals surface area contributed by atoms with E-state index in [0.717, 1.165) is 17.5 Å². The van der Waals surface area contributed by atoms with Gasteiger partial charge in [0.2, 0.25) is 0 Å². The van der Waals surface area contributed by atoms with Gasteiger partial charge in [-0.25, -0.2) is 0 Å². The van der Waals surface area contributed by atoms with Crippen molar-refractivity contribution in [2.75, 3.05) is 40.5 Å². The summed E-state index contributed by atoms with van der Waals surface area (Å²) in [4.78, 5) is 6.36. The second-order valence-electron chi connectivity index (χ2n) is 4.98. The molecule has 21 heavy (non-hydrogen) atoms. The topological polar surface area (TPSA) is 46.1 Å². The van der Waals surface area contributed by atoms with Crippen LogP contribution in [0, 0.1) is 0 Å². The van der Waals surface area contributed by atoms with Crippen molar-refractivity contribution < 1.29 is 9.47 Å². The van der Waals surface area contributed by atoms with E-state index in [1.54, 1.807) is 7.05 Å². The Kier molecular flexibility index (Phi) is 6.29. The average molecular weight is 312 g/mol. The fraction of sp³-hybridized carbons (Fsp3) is 0.533. The van der Waals surface area contributed by atoms with Crippen molar-refractivity contribution in [3.8, 4) is 0 Å². The third-order valence-corrected chi connectivity index (χ3v) is 3.53. The Hall–Kier alpha value is -1.30. The highest BCUT2D eigenvalue weighted by Crippen LogP contribution is 2.11. The molecule has 1 unspecified atom stereocenters. The van der Waals surface area contributed by atoms with Crippen LogP contribution in [-0.2, 0) is 16.0 Å². The minimum absolute atomic E-state index is 0.0828. The number of rotatable bonds is 4. The number of nitrogens with one attached hydrogen (secondary N) is 1. The molecule has 2 rings (SSSR count). The number of hydrogen-bond donors (Lipinski definition) is 1. The van der Waals surface area contributed by atoms with Crippen LogP contribution in [0.25, 0.3) is 0 Å². The van der Waals surface area contributed by atoms with E-state index < -0.39 is 0 Å². The molecule has 1 saturated heterocycles. The lowest BCUT2D eigenvalue weighted by molar-refractivity contribution is -0.0851. The molecular formula is C15H22ClN3O2. The van der Waals surface area contributed by atoms with Crippen LogP contribution in [-0.4, -0.2) is 57.4 Å². The molecule has 0 radical (unpaired) electrons. The Labute approximate surface area is 130 Å². The van der Waals surface area contributed by atoms with Crippen molar-refractivity contribution in [3.05, 3.63) is 34.9 Å². The van der Waals surface area contributed by atoms with Crippen molar-refractivity contribution in [2.45, 2.75) is 12.6 Å². The van der Waals surface area contributed by atoms with Crippen molar-refractivity contribution in [1.82, 2.24) is 10.2 Å². The number of halogens is 1. The Balaban J connectivity index is 1.83. The highest BCUT2D eigenvalue weighted by Gasteiger charge is 2.15. The first-order chi connectivity index (χ1) is 10.2. The fourth-order valence-corrected chi connectivity index (χ4v) is 2.31. The molecule has 0 spiro atoms. The molecule has 1 N–H and O–H groups in total. The number of benzene rings is 1. The molecule has 0 aliphatic carbocycles. The zero-order valence-corrected chi connectivity index (χ0v) is 13.3. The number of hydrogen-bond acceptors (Lipinski definition) is 3. The van der Waals surface area contributed by atoms with E-state index in [1.165, 1.54) is 5.56 Å². The molecule has 0 amide bonds. The molecule has 6 heteroatoms. The highest BCUT2D eigenvalue weighted by molar-refractivity contribution is 6.30. The summed E-state index contributed by atoms with van der Waals surface area (Å²) in [7, 11) is 3.78. The smallest absolute Gasteiger partial charge is 0.193 e. The van der Waals surface area contributed by atoms with Gasteiger partial charge < -0.3 is 19.7 Å². The summed E-state index contributed by atoms with van der Waals surface area (Å²) in [5, 5.41) is 4.06. The standard InChI is InChI=1S/C15H22ClN3O2/c1-17-15(18-9-14-11-20-7-8-21-14)19(2)10-12-3-5-13(16)6-4-12/h3-6,14H,7-11H2,1-2H3,(H,17,18). The molecule has 0 saturated carbocycles. The molecular weight excluding hydrogens is 290 g/mol. The van der Waals surface area contributed by atoms with Crippen LogP contribution in [0.5, 0.6) is 0 Å². The van der Waals surface area contributed by atoms with Gasteiger partial charge in [-0.1, -0.05) is 23.7 Å². The molecule has 1 fully saturated rings. The van der Waals surface area contributed by atoms with Crippen molar-refractivity contribution in [1.29, 1.82) is 0 Å². The van der Waals surface area contributed by atoms with Gasteiger partial charge in [-0.15, -0.1) is 0 Å². The van der Waals surface area contributed by atoms with E-state index in [2.05, 4.69) is 15.2 Å². The first kappa shape index (κ1) is 16.1. The molecule has 1 aliphatic heterocycles. The van der Waals surface area contributed by atoms with Gasteiger partial charge in [-0.05, 0) is 17.7 Å². The molecule has 1 heterocycles.